The number of hydrogen-bond donors (Lipinski definition) is 0. The van der Waals surface area contributed by atoms with Gasteiger partial charge >= 0.3 is 0 Å². The smallest absolute Gasteiger partial charge is 0.133 e. The van der Waals surface area contributed by atoms with E-state index in [4.69, 9.17) is 4.74 Å². The lowest BCUT2D eigenvalue weighted by Gasteiger charge is -2.42. The first-order valence-corrected chi connectivity index (χ1v) is 7.43. The Hall–Kier alpha value is -0.370. The van der Waals surface area contributed by atoms with Gasteiger partial charge in [0.2, 0.25) is 0 Å². The van der Waals surface area contributed by atoms with Crippen molar-refractivity contribution in [1.82, 2.24) is 0 Å². The lowest BCUT2D eigenvalue weighted by molar-refractivity contribution is -0.126. The van der Waals surface area contributed by atoms with Crippen LogP contribution in [0.1, 0.15) is 64.2 Å². The predicted molar refractivity (Wildman–Crippen MR) is 66.8 cm³/mol. The highest BCUT2D eigenvalue weighted by atomic mass is 16.5. The van der Waals surface area contributed by atoms with E-state index in [1.54, 1.807) is 0 Å². The molecule has 0 aromatic carbocycles. The molecule has 17 heavy (non-hydrogen) atoms. The molecule has 0 aromatic heterocycles. The second kappa shape index (κ2) is 4.72. The van der Waals surface area contributed by atoms with E-state index in [0.29, 0.717) is 11.7 Å². The number of Topliss-reactive ketones (excluding diaryl/α,β-unsaturated/α-hetero) is 1. The zero-order valence-corrected chi connectivity index (χ0v) is 10.7. The summed E-state index contributed by atoms with van der Waals surface area (Å²) in [6.45, 7) is 0.940. The highest BCUT2D eigenvalue weighted by Crippen LogP contribution is 2.46. The maximum atomic E-state index is 11.6. The molecule has 2 unspecified atom stereocenters. The topological polar surface area (TPSA) is 26.3 Å². The molecular formula is C15H24O2. The van der Waals surface area contributed by atoms with Gasteiger partial charge in [0.25, 0.3) is 0 Å². The number of ether oxygens (including phenoxy) is 1. The van der Waals surface area contributed by atoms with Crippen LogP contribution in [0.15, 0.2) is 0 Å². The molecule has 0 amide bonds. The van der Waals surface area contributed by atoms with Crippen molar-refractivity contribution >= 4 is 5.78 Å². The Morgan fingerprint density at radius 3 is 2.65 bits per heavy atom. The van der Waals surface area contributed by atoms with Gasteiger partial charge in [-0.25, -0.2) is 0 Å². The molecule has 2 saturated carbocycles. The van der Waals surface area contributed by atoms with Gasteiger partial charge in [0, 0.05) is 19.4 Å². The first kappa shape index (κ1) is 11.7. The third-order valence-corrected chi connectivity index (χ3v) is 5.23. The lowest BCUT2D eigenvalue weighted by atomic mass is 9.72. The molecule has 96 valence electrons. The molecule has 1 aliphatic heterocycles. The van der Waals surface area contributed by atoms with Crippen molar-refractivity contribution < 1.29 is 9.53 Å². The van der Waals surface area contributed by atoms with Gasteiger partial charge in [-0.05, 0) is 50.4 Å². The minimum absolute atomic E-state index is 0.226. The van der Waals surface area contributed by atoms with Crippen molar-refractivity contribution in [3.05, 3.63) is 0 Å². The Morgan fingerprint density at radius 2 is 1.88 bits per heavy atom. The number of rotatable bonds is 1. The van der Waals surface area contributed by atoms with Crippen LogP contribution in [0.2, 0.25) is 0 Å². The third-order valence-electron chi connectivity index (χ3n) is 5.23. The maximum absolute atomic E-state index is 11.6. The molecule has 2 nitrogen and oxygen atoms in total. The minimum Gasteiger partial charge on any atom is -0.375 e. The summed E-state index contributed by atoms with van der Waals surface area (Å²) in [6.07, 6.45) is 11.8. The van der Waals surface area contributed by atoms with Crippen LogP contribution in [-0.2, 0) is 9.53 Å². The fourth-order valence-corrected chi connectivity index (χ4v) is 4.30. The predicted octanol–water partition coefficient (Wildman–Crippen LogP) is 3.49. The largest absolute Gasteiger partial charge is 0.375 e. The van der Waals surface area contributed by atoms with Crippen LogP contribution < -0.4 is 0 Å². The van der Waals surface area contributed by atoms with Crippen LogP contribution in [-0.4, -0.2) is 18.0 Å². The van der Waals surface area contributed by atoms with Gasteiger partial charge in [-0.15, -0.1) is 0 Å². The summed E-state index contributed by atoms with van der Waals surface area (Å²) in [6, 6.07) is 0. The first-order valence-electron chi connectivity index (χ1n) is 7.43. The molecule has 0 aromatic rings. The van der Waals surface area contributed by atoms with E-state index in [2.05, 4.69) is 0 Å². The van der Waals surface area contributed by atoms with Crippen molar-refractivity contribution in [2.45, 2.75) is 69.8 Å². The molecule has 0 N–H and O–H groups in total. The normalized spacial score (nSPS) is 37.5. The maximum Gasteiger partial charge on any atom is 0.133 e. The number of ketones is 1. The molecule has 1 heterocycles. The highest BCUT2D eigenvalue weighted by molar-refractivity contribution is 5.79. The van der Waals surface area contributed by atoms with Crippen LogP contribution in [0.3, 0.4) is 0 Å². The standard InChI is InChI=1S/C15H24O2/c16-14-5-3-4-12(10-14)13-6-9-17-15(11-13)7-1-2-8-15/h12-13H,1-11H2. The molecule has 1 saturated heterocycles. The second-order valence-corrected chi connectivity index (χ2v) is 6.39. The molecule has 0 bridgehead atoms. The monoisotopic (exact) mass is 236 g/mol. The quantitative estimate of drug-likeness (QED) is 0.696. The fraction of sp³-hybridized carbons (Fsp3) is 0.933. The van der Waals surface area contributed by atoms with Crippen LogP contribution in [0.5, 0.6) is 0 Å². The number of carbonyl (C=O) groups is 1. The number of carbonyl (C=O) groups excluding carboxylic acids is 1. The molecule has 2 atom stereocenters. The van der Waals surface area contributed by atoms with Gasteiger partial charge in [-0.2, -0.15) is 0 Å². The Balaban J connectivity index is 1.64. The summed E-state index contributed by atoms with van der Waals surface area (Å²) in [5, 5.41) is 0. The average Bonchev–Trinajstić information content (AvgIpc) is 2.77. The summed E-state index contributed by atoms with van der Waals surface area (Å²) < 4.78 is 6.09. The van der Waals surface area contributed by atoms with Crippen molar-refractivity contribution in [3.63, 3.8) is 0 Å². The Morgan fingerprint density at radius 1 is 1.06 bits per heavy atom. The van der Waals surface area contributed by atoms with Gasteiger partial charge in [-0.1, -0.05) is 12.8 Å². The Kier molecular flexibility index (Phi) is 3.25. The van der Waals surface area contributed by atoms with Crippen LogP contribution in [0, 0.1) is 11.8 Å². The SMILES string of the molecule is O=C1CCCC(C2CCOC3(CCCC3)C2)C1. The molecular weight excluding hydrogens is 212 g/mol. The van der Waals surface area contributed by atoms with E-state index in [1.807, 2.05) is 0 Å². The summed E-state index contributed by atoms with van der Waals surface area (Å²) in [4.78, 5) is 11.6. The average molecular weight is 236 g/mol. The van der Waals surface area contributed by atoms with Gasteiger partial charge in [0.05, 0.1) is 5.60 Å². The van der Waals surface area contributed by atoms with Gasteiger partial charge in [0.15, 0.2) is 0 Å². The minimum atomic E-state index is 0.226. The van der Waals surface area contributed by atoms with Crippen molar-refractivity contribution in [3.8, 4) is 0 Å². The Bertz CT molecular complexity index is 291. The summed E-state index contributed by atoms with van der Waals surface area (Å²) in [5.41, 5.74) is 0.226. The third kappa shape index (κ3) is 2.42. The molecule has 1 spiro atoms. The molecule has 0 radical (unpaired) electrons. The van der Waals surface area contributed by atoms with Gasteiger partial charge in [-0.3, -0.25) is 4.79 Å². The van der Waals surface area contributed by atoms with E-state index in [1.165, 1.54) is 44.9 Å². The van der Waals surface area contributed by atoms with Crippen molar-refractivity contribution in [2.75, 3.05) is 6.61 Å². The lowest BCUT2D eigenvalue weighted by Crippen LogP contribution is -2.40. The molecule has 2 aliphatic carbocycles. The van der Waals surface area contributed by atoms with E-state index >= 15 is 0 Å². The van der Waals surface area contributed by atoms with Crippen LogP contribution in [0.4, 0.5) is 0 Å². The van der Waals surface area contributed by atoms with E-state index in [-0.39, 0.29) is 5.60 Å². The highest BCUT2D eigenvalue weighted by Gasteiger charge is 2.42. The number of hydrogen-bond acceptors (Lipinski definition) is 2. The van der Waals surface area contributed by atoms with Crippen LogP contribution >= 0.6 is 0 Å². The zero-order chi connectivity index (χ0) is 11.7. The van der Waals surface area contributed by atoms with Gasteiger partial charge < -0.3 is 4.74 Å². The van der Waals surface area contributed by atoms with Crippen LogP contribution in [0.25, 0.3) is 0 Å². The molecule has 3 fully saturated rings. The van der Waals surface area contributed by atoms with Crippen molar-refractivity contribution in [1.29, 1.82) is 0 Å². The van der Waals surface area contributed by atoms with E-state index in [9.17, 15) is 4.79 Å². The molecule has 2 heteroatoms. The fourth-order valence-electron chi connectivity index (χ4n) is 4.30. The summed E-state index contributed by atoms with van der Waals surface area (Å²) >= 11 is 0. The van der Waals surface area contributed by atoms with Crippen molar-refractivity contribution in [2.24, 2.45) is 11.8 Å². The summed E-state index contributed by atoms with van der Waals surface area (Å²) in [7, 11) is 0. The molecule has 3 aliphatic rings. The van der Waals surface area contributed by atoms with E-state index in [0.717, 1.165) is 31.8 Å². The summed E-state index contributed by atoms with van der Waals surface area (Å²) in [5.74, 6) is 1.96. The zero-order valence-electron chi connectivity index (χ0n) is 10.7. The molecule has 3 rings (SSSR count). The van der Waals surface area contributed by atoms with E-state index < -0.39 is 0 Å². The Labute approximate surface area is 104 Å². The second-order valence-electron chi connectivity index (χ2n) is 6.39. The first-order chi connectivity index (χ1) is 8.27. The van der Waals surface area contributed by atoms with Gasteiger partial charge in [0.1, 0.15) is 5.78 Å².